The van der Waals surface area contributed by atoms with Crippen molar-refractivity contribution in [3.63, 3.8) is 0 Å². The van der Waals surface area contributed by atoms with E-state index in [4.69, 9.17) is 5.73 Å². The first-order valence-corrected chi connectivity index (χ1v) is 6.98. The van der Waals surface area contributed by atoms with E-state index in [9.17, 15) is 9.59 Å². The van der Waals surface area contributed by atoms with Gasteiger partial charge in [-0.05, 0) is 31.0 Å². The van der Waals surface area contributed by atoms with Gasteiger partial charge in [-0.3, -0.25) is 9.59 Å². The number of halogens is 1. The van der Waals surface area contributed by atoms with Crippen molar-refractivity contribution >= 4 is 35.6 Å². The number of benzene rings is 1. The quantitative estimate of drug-likeness (QED) is 0.802. The molecular formula is C15H22ClN3O2. The first kappa shape index (κ1) is 17.5. The SMILES string of the molecule is CC(=O)Nc1cccc(NC(=O)C2(N)CCCCC2)c1.Cl. The number of nitrogens with two attached hydrogens (primary N) is 1. The molecule has 6 heteroatoms. The molecule has 21 heavy (non-hydrogen) atoms. The summed E-state index contributed by atoms with van der Waals surface area (Å²) in [4.78, 5) is 23.3. The lowest BCUT2D eigenvalue weighted by Gasteiger charge is -2.31. The van der Waals surface area contributed by atoms with Gasteiger partial charge in [-0.25, -0.2) is 0 Å². The minimum atomic E-state index is -0.762. The van der Waals surface area contributed by atoms with Gasteiger partial charge in [0.05, 0.1) is 5.54 Å². The normalized spacial score (nSPS) is 16.5. The minimum Gasteiger partial charge on any atom is -0.326 e. The van der Waals surface area contributed by atoms with Crippen LogP contribution in [0.3, 0.4) is 0 Å². The second-order valence-corrected chi connectivity index (χ2v) is 5.43. The summed E-state index contributed by atoms with van der Waals surface area (Å²) < 4.78 is 0. The number of anilines is 2. The van der Waals surface area contributed by atoms with E-state index < -0.39 is 5.54 Å². The molecular weight excluding hydrogens is 290 g/mol. The number of hydrogen-bond donors (Lipinski definition) is 3. The van der Waals surface area contributed by atoms with Crippen molar-refractivity contribution < 1.29 is 9.59 Å². The van der Waals surface area contributed by atoms with Crippen molar-refractivity contribution in [3.8, 4) is 0 Å². The van der Waals surface area contributed by atoms with Gasteiger partial charge in [0.15, 0.2) is 0 Å². The van der Waals surface area contributed by atoms with Gasteiger partial charge < -0.3 is 16.4 Å². The fourth-order valence-electron chi connectivity index (χ4n) is 2.54. The molecule has 0 spiro atoms. The van der Waals surface area contributed by atoms with Crippen molar-refractivity contribution in [2.75, 3.05) is 10.6 Å². The summed E-state index contributed by atoms with van der Waals surface area (Å²) in [6.07, 6.45) is 4.59. The summed E-state index contributed by atoms with van der Waals surface area (Å²) >= 11 is 0. The molecule has 1 fully saturated rings. The van der Waals surface area contributed by atoms with E-state index in [1.807, 2.05) is 0 Å². The van der Waals surface area contributed by atoms with Gasteiger partial charge in [0.25, 0.3) is 0 Å². The Morgan fingerprint density at radius 2 is 1.67 bits per heavy atom. The molecule has 0 unspecified atom stereocenters. The molecule has 0 bridgehead atoms. The van der Waals surface area contributed by atoms with Crippen LogP contribution in [0.25, 0.3) is 0 Å². The van der Waals surface area contributed by atoms with Crippen LogP contribution in [0.1, 0.15) is 39.0 Å². The van der Waals surface area contributed by atoms with Gasteiger partial charge >= 0.3 is 0 Å². The zero-order valence-electron chi connectivity index (χ0n) is 12.1. The number of amides is 2. The number of nitrogens with one attached hydrogen (secondary N) is 2. The number of hydrogen-bond acceptors (Lipinski definition) is 3. The summed E-state index contributed by atoms with van der Waals surface area (Å²) in [5, 5.41) is 5.54. The average Bonchev–Trinajstić information content (AvgIpc) is 2.39. The van der Waals surface area contributed by atoms with E-state index in [1.165, 1.54) is 6.92 Å². The molecule has 1 aromatic rings. The average molecular weight is 312 g/mol. The smallest absolute Gasteiger partial charge is 0.244 e. The fraction of sp³-hybridized carbons (Fsp3) is 0.467. The molecule has 4 N–H and O–H groups in total. The molecule has 1 aromatic carbocycles. The first-order chi connectivity index (χ1) is 9.49. The topological polar surface area (TPSA) is 84.2 Å². The third kappa shape index (κ3) is 4.72. The van der Waals surface area contributed by atoms with E-state index in [0.29, 0.717) is 11.4 Å². The predicted molar refractivity (Wildman–Crippen MR) is 86.6 cm³/mol. The summed E-state index contributed by atoms with van der Waals surface area (Å²) in [6, 6.07) is 7.07. The summed E-state index contributed by atoms with van der Waals surface area (Å²) in [5.41, 5.74) is 6.73. The van der Waals surface area contributed by atoms with Crippen LogP contribution in [0.2, 0.25) is 0 Å². The maximum Gasteiger partial charge on any atom is 0.244 e. The molecule has 1 aliphatic rings. The Hall–Kier alpha value is -1.59. The summed E-state index contributed by atoms with van der Waals surface area (Å²) in [6.45, 7) is 1.45. The van der Waals surface area contributed by atoms with Crippen LogP contribution in [-0.2, 0) is 9.59 Å². The van der Waals surface area contributed by atoms with Crippen LogP contribution in [0.4, 0.5) is 11.4 Å². The molecule has 0 radical (unpaired) electrons. The van der Waals surface area contributed by atoms with E-state index in [2.05, 4.69) is 10.6 Å². The Labute approximate surface area is 131 Å². The van der Waals surface area contributed by atoms with E-state index >= 15 is 0 Å². The standard InChI is InChI=1S/C15H21N3O2.ClH/c1-11(19)17-12-6-5-7-13(10-12)18-14(20)15(16)8-3-2-4-9-15;/h5-7,10H,2-4,8-9,16H2,1H3,(H,17,19)(H,18,20);1H. The molecule has 116 valence electrons. The lowest BCUT2D eigenvalue weighted by atomic mass is 9.82. The summed E-state index contributed by atoms with van der Waals surface area (Å²) in [5.74, 6) is -0.284. The van der Waals surface area contributed by atoms with Crippen molar-refractivity contribution in [2.45, 2.75) is 44.6 Å². The Morgan fingerprint density at radius 1 is 1.10 bits per heavy atom. The maximum atomic E-state index is 12.3. The van der Waals surface area contributed by atoms with Gasteiger partial charge in [0.1, 0.15) is 0 Å². The number of carbonyl (C=O) groups excluding carboxylic acids is 2. The second-order valence-electron chi connectivity index (χ2n) is 5.43. The first-order valence-electron chi connectivity index (χ1n) is 6.98. The van der Waals surface area contributed by atoms with Gasteiger partial charge in [0, 0.05) is 18.3 Å². The third-order valence-electron chi connectivity index (χ3n) is 3.64. The van der Waals surface area contributed by atoms with Crippen LogP contribution in [0.5, 0.6) is 0 Å². The molecule has 0 aromatic heterocycles. The Kier molecular flexibility index (Phi) is 6.18. The highest BCUT2D eigenvalue weighted by molar-refractivity contribution is 5.98. The largest absolute Gasteiger partial charge is 0.326 e. The molecule has 0 saturated heterocycles. The number of carbonyl (C=O) groups is 2. The highest BCUT2D eigenvalue weighted by Crippen LogP contribution is 2.27. The van der Waals surface area contributed by atoms with Crippen LogP contribution >= 0.6 is 12.4 Å². The molecule has 5 nitrogen and oxygen atoms in total. The second kappa shape index (κ2) is 7.43. The van der Waals surface area contributed by atoms with E-state index in [0.717, 1.165) is 32.1 Å². The van der Waals surface area contributed by atoms with Crippen molar-refractivity contribution in [1.82, 2.24) is 0 Å². The molecule has 2 rings (SSSR count). The molecule has 0 aliphatic heterocycles. The maximum absolute atomic E-state index is 12.3. The number of rotatable bonds is 3. The van der Waals surface area contributed by atoms with Crippen LogP contribution in [0, 0.1) is 0 Å². The zero-order valence-corrected chi connectivity index (χ0v) is 13.0. The van der Waals surface area contributed by atoms with Gasteiger partial charge in [0.2, 0.25) is 11.8 Å². The molecule has 1 aliphatic carbocycles. The van der Waals surface area contributed by atoms with Crippen molar-refractivity contribution in [1.29, 1.82) is 0 Å². The minimum absolute atomic E-state index is 0. The molecule has 0 heterocycles. The highest BCUT2D eigenvalue weighted by atomic mass is 35.5. The lowest BCUT2D eigenvalue weighted by Crippen LogP contribution is -2.52. The van der Waals surface area contributed by atoms with E-state index in [-0.39, 0.29) is 24.2 Å². The van der Waals surface area contributed by atoms with Crippen molar-refractivity contribution in [2.24, 2.45) is 5.73 Å². The van der Waals surface area contributed by atoms with Crippen molar-refractivity contribution in [3.05, 3.63) is 24.3 Å². The molecule has 0 atom stereocenters. The van der Waals surface area contributed by atoms with Gasteiger partial charge in [-0.15, -0.1) is 12.4 Å². The highest BCUT2D eigenvalue weighted by Gasteiger charge is 2.35. The third-order valence-corrected chi connectivity index (χ3v) is 3.64. The molecule has 2 amide bonds. The fourth-order valence-corrected chi connectivity index (χ4v) is 2.54. The Bertz CT molecular complexity index is 513. The summed E-state index contributed by atoms with van der Waals surface area (Å²) in [7, 11) is 0. The monoisotopic (exact) mass is 311 g/mol. The lowest BCUT2D eigenvalue weighted by molar-refractivity contribution is -0.122. The van der Waals surface area contributed by atoms with Gasteiger partial charge in [-0.2, -0.15) is 0 Å². The van der Waals surface area contributed by atoms with E-state index in [1.54, 1.807) is 24.3 Å². The van der Waals surface area contributed by atoms with Crippen LogP contribution in [-0.4, -0.2) is 17.4 Å². The van der Waals surface area contributed by atoms with Gasteiger partial charge in [-0.1, -0.05) is 25.3 Å². The Morgan fingerprint density at radius 3 is 2.24 bits per heavy atom. The van der Waals surface area contributed by atoms with Crippen LogP contribution in [0.15, 0.2) is 24.3 Å². The zero-order chi connectivity index (χ0) is 14.6. The predicted octanol–water partition coefficient (Wildman–Crippen LogP) is 2.67. The molecule has 1 saturated carbocycles. The van der Waals surface area contributed by atoms with Crippen LogP contribution < -0.4 is 16.4 Å². The Balaban J connectivity index is 0.00000220.